The van der Waals surface area contributed by atoms with Crippen molar-refractivity contribution in [1.82, 2.24) is 4.98 Å². The van der Waals surface area contributed by atoms with Gasteiger partial charge in [0.05, 0.1) is 11.2 Å². The van der Waals surface area contributed by atoms with Crippen molar-refractivity contribution in [1.29, 1.82) is 0 Å². The summed E-state index contributed by atoms with van der Waals surface area (Å²) < 4.78 is 6.95. The van der Waals surface area contributed by atoms with Gasteiger partial charge in [-0.25, -0.2) is 4.98 Å². The number of hydrogen-bond acceptors (Lipinski definition) is 4. The molecule has 4 fully saturated rings. The SMILES string of the molecule is CC(C)CCC1CC(Cc2ccc(N)nc2)CC(C23CCC(C(N)C2)C(C)(C)O3)C1. The number of ether oxygens (including phenoxy) is 1. The van der Waals surface area contributed by atoms with E-state index in [9.17, 15) is 0 Å². The van der Waals surface area contributed by atoms with E-state index in [2.05, 4.69) is 38.7 Å². The van der Waals surface area contributed by atoms with Crippen molar-refractivity contribution in [3.8, 4) is 0 Å². The fourth-order valence-electron chi connectivity index (χ4n) is 7.12. The van der Waals surface area contributed by atoms with Crippen LogP contribution in [0, 0.1) is 29.6 Å². The number of rotatable bonds is 6. The van der Waals surface area contributed by atoms with E-state index in [1.165, 1.54) is 50.5 Å². The molecular weight excluding hydrogens is 370 g/mol. The lowest BCUT2D eigenvalue weighted by Crippen LogP contribution is -2.66. The van der Waals surface area contributed by atoms with E-state index in [1.54, 1.807) is 0 Å². The first-order valence-corrected chi connectivity index (χ1v) is 12.3. The third kappa shape index (κ3) is 4.55. The molecule has 4 N–H and O–H groups in total. The Balaban J connectivity index is 1.54. The van der Waals surface area contributed by atoms with Gasteiger partial charge >= 0.3 is 0 Å². The van der Waals surface area contributed by atoms with Crippen LogP contribution in [0.25, 0.3) is 0 Å². The highest BCUT2D eigenvalue weighted by Crippen LogP contribution is 2.56. The molecular formula is C26H43N3O. The normalized spacial score (nSPS) is 38.1. The molecule has 2 saturated heterocycles. The van der Waals surface area contributed by atoms with Crippen LogP contribution in [-0.4, -0.2) is 22.2 Å². The molecule has 0 aromatic carbocycles. The zero-order chi connectivity index (χ0) is 21.5. The summed E-state index contributed by atoms with van der Waals surface area (Å²) in [5.74, 6) is 4.02. The smallest absolute Gasteiger partial charge is 0.123 e. The summed E-state index contributed by atoms with van der Waals surface area (Å²) >= 11 is 0. The minimum absolute atomic E-state index is 0.00815. The Labute approximate surface area is 183 Å². The summed E-state index contributed by atoms with van der Waals surface area (Å²) in [6, 6.07) is 4.39. The highest BCUT2D eigenvalue weighted by molar-refractivity contribution is 5.29. The molecule has 6 atom stereocenters. The van der Waals surface area contributed by atoms with Crippen LogP contribution < -0.4 is 11.5 Å². The third-order valence-electron chi connectivity index (χ3n) is 8.51. The van der Waals surface area contributed by atoms with Gasteiger partial charge in [-0.3, -0.25) is 0 Å². The molecule has 2 aliphatic carbocycles. The van der Waals surface area contributed by atoms with Crippen LogP contribution in [0.2, 0.25) is 0 Å². The van der Waals surface area contributed by atoms with Crippen molar-refractivity contribution >= 4 is 5.82 Å². The lowest BCUT2D eigenvalue weighted by atomic mass is 9.57. The maximum absolute atomic E-state index is 6.95. The monoisotopic (exact) mass is 413 g/mol. The van der Waals surface area contributed by atoms with Crippen LogP contribution in [0.5, 0.6) is 0 Å². The minimum Gasteiger partial charge on any atom is -0.384 e. The molecule has 30 heavy (non-hydrogen) atoms. The first-order valence-electron chi connectivity index (χ1n) is 12.3. The van der Waals surface area contributed by atoms with E-state index in [0.717, 1.165) is 24.7 Å². The standard InChI is InChI=1S/C26H43N3O/c1-17(2)5-6-18-11-20(12-19-7-8-24(28)29-16-19)14-21(13-18)26-10-9-22(23(27)15-26)25(3,4)30-26/h7-8,16-18,20-23H,5-6,9-15,27H2,1-4H3,(H2,28,29). The van der Waals surface area contributed by atoms with E-state index >= 15 is 0 Å². The van der Waals surface area contributed by atoms with Gasteiger partial charge in [0.2, 0.25) is 0 Å². The van der Waals surface area contributed by atoms with E-state index in [0.29, 0.717) is 29.6 Å². The summed E-state index contributed by atoms with van der Waals surface area (Å²) in [7, 11) is 0. The Morgan fingerprint density at radius 2 is 1.93 bits per heavy atom. The highest BCUT2D eigenvalue weighted by Gasteiger charge is 2.58. The average Bonchev–Trinajstić information content (AvgIpc) is 2.67. The molecule has 4 aliphatic rings. The van der Waals surface area contributed by atoms with E-state index in [1.807, 2.05) is 12.3 Å². The van der Waals surface area contributed by atoms with Gasteiger partial charge in [0.15, 0.2) is 0 Å². The minimum atomic E-state index is -0.0861. The van der Waals surface area contributed by atoms with Gasteiger partial charge < -0.3 is 16.2 Å². The number of hydrogen-bond donors (Lipinski definition) is 2. The van der Waals surface area contributed by atoms with Crippen molar-refractivity contribution in [2.24, 2.45) is 35.3 Å². The molecule has 1 aromatic rings. The predicted octanol–water partition coefficient (Wildman–Crippen LogP) is 5.35. The van der Waals surface area contributed by atoms with Crippen LogP contribution in [0.15, 0.2) is 18.3 Å². The van der Waals surface area contributed by atoms with Crippen molar-refractivity contribution < 1.29 is 4.74 Å². The number of anilines is 1. The first kappa shape index (κ1) is 22.1. The molecule has 0 amide bonds. The Morgan fingerprint density at radius 3 is 2.57 bits per heavy atom. The first-order chi connectivity index (χ1) is 14.2. The number of nitrogens with zero attached hydrogens (tertiary/aromatic N) is 1. The van der Waals surface area contributed by atoms with Crippen molar-refractivity contribution in [3.05, 3.63) is 23.9 Å². The largest absolute Gasteiger partial charge is 0.384 e. The van der Waals surface area contributed by atoms with Crippen LogP contribution in [0.1, 0.15) is 84.6 Å². The fourth-order valence-corrected chi connectivity index (χ4v) is 7.12. The van der Waals surface area contributed by atoms with E-state index in [-0.39, 0.29) is 11.2 Å². The summed E-state index contributed by atoms with van der Waals surface area (Å²) in [4.78, 5) is 4.33. The van der Waals surface area contributed by atoms with Crippen LogP contribution in [0.3, 0.4) is 0 Å². The summed E-state index contributed by atoms with van der Waals surface area (Å²) in [6.45, 7) is 9.26. The fraction of sp³-hybridized carbons (Fsp3) is 0.808. The maximum atomic E-state index is 6.95. The zero-order valence-corrected chi connectivity index (χ0v) is 19.6. The zero-order valence-electron chi connectivity index (χ0n) is 19.6. The van der Waals surface area contributed by atoms with Gasteiger partial charge in [0.25, 0.3) is 0 Å². The van der Waals surface area contributed by atoms with Crippen molar-refractivity contribution in [3.63, 3.8) is 0 Å². The van der Waals surface area contributed by atoms with E-state index in [4.69, 9.17) is 16.2 Å². The molecule has 0 radical (unpaired) electrons. The summed E-state index contributed by atoms with van der Waals surface area (Å²) in [5, 5.41) is 0. The van der Waals surface area contributed by atoms with Gasteiger partial charge in [-0.1, -0.05) is 32.8 Å². The number of nitrogen functional groups attached to an aromatic ring is 1. The molecule has 1 aromatic heterocycles. The quantitative estimate of drug-likeness (QED) is 0.659. The van der Waals surface area contributed by atoms with Gasteiger partial charge in [-0.2, -0.15) is 0 Å². The van der Waals surface area contributed by atoms with Crippen molar-refractivity contribution in [2.45, 2.75) is 103 Å². The Morgan fingerprint density at radius 1 is 1.17 bits per heavy atom. The average molecular weight is 414 g/mol. The third-order valence-corrected chi connectivity index (χ3v) is 8.51. The molecule has 2 saturated carbocycles. The molecule has 2 bridgehead atoms. The summed E-state index contributed by atoms with van der Waals surface area (Å²) in [5.41, 5.74) is 13.7. The second-order valence-electron chi connectivity index (χ2n) is 11.7. The lowest BCUT2D eigenvalue weighted by Gasteiger charge is -2.61. The number of pyridine rings is 1. The predicted molar refractivity (Wildman–Crippen MR) is 124 cm³/mol. The summed E-state index contributed by atoms with van der Waals surface area (Å²) in [6.07, 6.45) is 13.2. The van der Waals surface area contributed by atoms with Crippen LogP contribution in [0.4, 0.5) is 5.82 Å². The topological polar surface area (TPSA) is 74.2 Å². The Hall–Kier alpha value is -1.13. The molecule has 168 valence electrons. The van der Waals surface area contributed by atoms with E-state index < -0.39 is 0 Å². The van der Waals surface area contributed by atoms with Crippen molar-refractivity contribution in [2.75, 3.05) is 5.73 Å². The number of nitrogens with two attached hydrogens (primary N) is 2. The number of aromatic nitrogens is 1. The molecule has 0 spiro atoms. The molecule has 4 heteroatoms. The van der Waals surface area contributed by atoms with Gasteiger partial charge in [-0.15, -0.1) is 0 Å². The maximum Gasteiger partial charge on any atom is 0.123 e. The second kappa shape index (κ2) is 8.43. The van der Waals surface area contributed by atoms with Gasteiger partial charge in [0.1, 0.15) is 5.82 Å². The van der Waals surface area contributed by atoms with Gasteiger partial charge in [-0.05, 0) is 94.1 Å². The highest BCUT2D eigenvalue weighted by atomic mass is 16.5. The molecule has 5 rings (SSSR count). The Kier molecular flexibility index (Phi) is 6.20. The van der Waals surface area contributed by atoms with Crippen LogP contribution in [-0.2, 0) is 11.2 Å². The second-order valence-corrected chi connectivity index (χ2v) is 11.7. The van der Waals surface area contributed by atoms with Crippen LogP contribution >= 0.6 is 0 Å². The van der Waals surface area contributed by atoms with Gasteiger partial charge in [0, 0.05) is 18.2 Å². The Bertz CT molecular complexity index is 715. The molecule has 3 heterocycles. The molecule has 4 nitrogen and oxygen atoms in total. The molecule has 6 unspecified atom stereocenters. The lowest BCUT2D eigenvalue weighted by molar-refractivity contribution is -0.270. The number of fused-ring (bicyclic) bond motifs is 3. The molecule has 2 aliphatic heterocycles.